The van der Waals surface area contributed by atoms with Gasteiger partial charge >= 0.3 is 0 Å². The molecule has 84 valence electrons. The Balaban J connectivity index is 2.05. The zero-order chi connectivity index (χ0) is 10.7. The highest BCUT2D eigenvalue weighted by molar-refractivity contribution is 5.21. The predicted octanol–water partition coefficient (Wildman–Crippen LogP) is 0.896. The maximum absolute atomic E-state index is 6.20. The number of aromatic nitrogens is 2. The summed E-state index contributed by atoms with van der Waals surface area (Å²) in [6.07, 6.45) is 7.32. The number of aryl methyl sites for hydroxylation is 1. The van der Waals surface area contributed by atoms with E-state index >= 15 is 0 Å². The van der Waals surface area contributed by atoms with Crippen LogP contribution >= 0.6 is 0 Å². The van der Waals surface area contributed by atoms with Gasteiger partial charge in [0.05, 0.1) is 12.0 Å². The molecular weight excluding hydrogens is 188 g/mol. The van der Waals surface area contributed by atoms with Crippen LogP contribution in [0.5, 0.6) is 0 Å². The van der Waals surface area contributed by atoms with Gasteiger partial charge in [0.1, 0.15) is 0 Å². The normalized spacial score (nSPS) is 22.4. The van der Waals surface area contributed by atoms with E-state index in [1.54, 1.807) is 6.33 Å². The molecule has 4 heteroatoms. The van der Waals surface area contributed by atoms with E-state index in [0.29, 0.717) is 5.92 Å². The van der Waals surface area contributed by atoms with Crippen LogP contribution < -0.4 is 11.5 Å². The number of imidazole rings is 1. The summed E-state index contributed by atoms with van der Waals surface area (Å²) in [5, 5.41) is 0. The minimum atomic E-state index is 0.218. The highest BCUT2D eigenvalue weighted by Gasteiger charge is 2.27. The van der Waals surface area contributed by atoms with E-state index in [4.69, 9.17) is 11.5 Å². The molecule has 0 fully saturated rings. The molecule has 0 bridgehead atoms. The molecule has 2 rings (SSSR count). The Kier molecular flexibility index (Phi) is 3.38. The first-order valence-corrected chi connectivity index (χ1v) is 5.80. The molecule has 1 aromatic rings. The van der Waals surface area contributed by atoms with Gasteiger partial charge < -0.3 is 16.5 Å². The quantitative estimate of drug-likeness (QED) is 0.687. The molecular formula is C11H20N4. The lowest BCUT2D eigenvalue weighted by molar-refractivity contribution is 0.427. The van der Waals surface area contributed by atoms with Crippen LogP contribution in [0.2, 0.25) is 0 Å². The number of hydrogen-bond acceptors (Lipinski definition) is 3. The average Bonchev–Trinajstić information content (AvgIpc) is 2.73. The van der Waals surface area contributed by atoms with Gasteiger partial charge in [0.2, 0.25) is 0 Å². The number of H-pyrrole nitrogens is 1. The Morgan fingerprint density at radius 1 is 1.60 bits per heavy atom. The summed E-state index contributed by atoms with van der Waals surface area (Å²) in [7, 11) is 0. The standard InChI is InChI=1S/C11H20N4/c12-6-2-4-9(13)8-3-1-5-10-11(8)15-7-14-10/h7-9H,1-6,12-13H2,(H,14,15). The molecule has 2 unspecified atom stereocenters. The Morgan fingerprint density at radius 3 is 3.27 bits per heavy atom. The topological polar surface area (TPSA) is 80.7 Å². The summed E-state index contributed by atoms with van der Waals surface area (Å²) in [6.45, 7) is 0.730. The van der Waals surface area contributed by atoms with E-state index in [9.17, 15) is 0 Å². The molecule has 2 atom stereocenters. The molecule has 1 aliphatic rings. The smallest absolute Gasteiger partial charge is 0.0925 e. The number of nitrogens with two attached hydrogens (primary N) is 2. The number of nitrogens with one attached hydrogen (secondary N) is 1. The van der Waals surface area contributed by atoms with Crippen LogP contribution in [0.25, 0.3) is 0 Å². The van der Waals surface area contributed by atoms with Gasteiger partial charge in [-0.3, -0.25) is 0 Å². The lowest BCUT2D eigenvalue weighted by Gasteiger charge is -2.26. The van der Waals surface area contributed by atoms with E-state index < -0.39 is 0 Å². The average molecular weight is 208 g/mol. The summed E-state index contributed by atoms with van der Waals surface area (Å²) in [4.78, 5) is 7.61. The summed E-state index contributed by atoms with van der Waals surface area (Å²) >= 11 is 0. The first-order chi connectivity index (χ1) is 7.33. The first kappa shape index (κ1) is 10.6. The summed E-state index contributed by atoms with van der Waals surface area (Å²) in [6, 6.07) is 0.218. The third kappa shape index (κ3) is 2.21. The van der Waals surface area contributed by atoms with Crippen molar-refractivity contribution in [2.24, 2.45) is 11.5 Å². The molecule has 1 heterocycles. The van der Waals surface area contributed by atoms with Gasteiger partial charge in [-0.2, -0.15) is 0 Å². The molecule has 0 aromatic carbocycles. The molecule has 0 aliphatic heterocycles. The summed E-state index contributed by atoms with van der Waals surface area (Å²) < 4.78 is 0. The molecule has 1 aliphatic carbocycles. The van der Waals surface area contributed by atoms with Gasteiger partial charge in [0.25, 0.3) is 0 Å². The van der Waals surface area contributed by atoms with Crippen molar-refractivity contribution in [1.82, 2.24) is 9.97 Å². The Labute approximate surface area is 90.5 Å². The summed E-state index contributed by atoms with van der Waals surface area (Å²) in [5.41, 5.74) is 14.2. The van der Waals surface area contributed by atoms with Crippen LogP contribution in [0.1, 0.15) is 43.0 Å². The van der Waals surface area contributed by atoms with Gasteiger partial charge in [-0.05, 0) is 38.6 Å². The van der Waals surface area contributed by atoms with E-state index in [1.165, 1.54) is 24.2 Å². The van der Waals surface area contributed by atoms with Crippen molar-refractivity contribution in [3.05, 3.63) is 17.7 Å². The maximum Gasteiger partial charge on any atom is 0.0925 e. The second kappa shape index (κ2) is 4.77. The zero-order valence-electron chi connectivity index (χ0n) is 9.08. The molecule has 15 heavy (non-hydrogen) atoms. The zero-order valence-corrected chi connectivity index (χ0v) is 9.08. The van der Waals surface area contributed by atoms with Crippen LogP contribution in [0.4, 0.5) is 0 Å². The van der Waals surface area contributed by atoms with Crippen LogP contribution in [0.15, 0.2) is 6.33 Å². The van der Waals surface area contributed by atoms with Crippen LogP contribution in [-0.4, -0.2) is 22.6 Å². The first-order valence-electron chi connectivity index (χ1n) is 5.80. The van der Waals surface area contributed by atoms with E-state index in [2.05, 4.69) is 9.97 Å². The van der Waals surface area contributed by atoms with E-state index in [1.807, 2.05) is 0 Å². The highest BCUT2D eigenvalue weighted by Crippen LogP contribution is 2.32. The Hall–Kier alpha value is -0.870. The Bertz CT molecular complexity index is 307. The molecule has 0 radical (unpaired) electrons. The summed E-state index contributed by atoms with van der Waals surface area (Å²) in [5.74, 6) is 0.437. The SMILES string of the molecule is NCCCC(N)C1CCCc2[nH]cnc21. The van der Waals surface area contributed by atoms with Crippen molar-refractivity contribution in [2.45, 2.75) is 44.1 Å². The number of hydrogen-bond donors (Lipinski definition) is 3. The van der Waals surface area contributed by atoms with Crippen LogP contribution in [-0.2, 0) is 6.42 Å². The van der Waals surface area contributed by atoms with Crippen molar-refractivity contribution < 1.29 is 0 Å². The number of nitrogens with zero attached hydrogens (tertiary/aromatic N) is 1. The van der Waals surface area contributed by atoms with Crippen molar-refractivity contribution in [3.63, 3.8) is 0 Å². The van der Waals surface area contributed by atoms with Gasteiger partial charge in [0.15, 0.2) is 0 Å². The second-order valence-corrected chi connectivity index (χ2v) is 4.36. The molecule has 0 saturated heterocycles. The van der Waals surface area contributed by atoms with Crippen molar-refractivity contribution in [1.29, 1.82) is 0 Å². The Morgan fingerprint density at radius 2 is 2.47 bits per heavy atom. The molecule has 5 N–H and O–H groups in total. The maximum atomic E-state index is 6.20. The lowest BCUT2D eigenvalue weighted by Crippen LogP contribution is -2.31. The molecule has 4 nitrogen and oxygen atoms in total. The predicted molar refractivity (Wildman–Crippen MR) is 60.5 cm³/mol. The number of aromatic amines is 1. The highest BCUT2D eigenvalue weighted by atomic mass is 14.9. The fourth-order valence-corrected chi connectivity index (χ4v) is 2.46. The minimum absolute atomic E-state index is 0.218. The van der Waals surface area contributed by atoms with Crippen LogP contribution in [0, 0.1) is 0 Å². The molecule has 1 aromatic heterocycles. The van der Waals surface area contributed by atoms with Crippen molar-refractivity contribution in [2.75, 3.05) is 6.54 Å². The van der Waals surface area contributed by atoms with Gasteiger partial charge in [-0.25, -0.2) is 4.98 Å². The number of fused-ring (bicyclic) bond motifs is 1. The monoisotopic (exact) mass is 208 g/mol. The molecule has 0 amide bonds. The molecule has 0 spiro atoms. The van der Waals surface area contributed by atoms with Crippen molar-refractivity contribution >= 4 is 0 Å². The van der Waals surface area contributed by atoms with Crippen molar-refractivity contribution in [3.8, 4) is 0 Å². The minimum Gasteiger partial charge on any atom is -0.348 e. The second-order valence-electron chi connectivity index (χ2n) is 4.36. The van der Waals surface area contributed by atoms with Gasteiger partial charge in [-0.1, -0.05) is 0 Å². The largest absolute Gasteiger partial charge is 0.348 e. The number of rotatable bonds is 4. The third-order valence-electron chi connectivity index (χ3n) is 3.30. The van der Waals surface area contributed by atoms with E-state index in [-0.39, 0.29) is 6.04 Å². The fraction of sp³-hybridized carbons (Fsp3) is 0.727. The van der Waals surface area contributed by atoms with E-state index in [0.717, 1.165) is 25.8 Å². The third-order valence-corrected chi connectivity index (χ3v) is 3.30. The van der Waals surface area contributed by atoms with Gasteiger partial charge in [-0.15, -0.1) is 0 Å². The lowest BCUT2D eigenvalue weighted by atomic mass is 9.83. The molecule has 0 saturated carbocycles. The van der Waals surface area contributed by atoms with Crippen LogP contribution in [0.3, 0.4) is 0 Å². The fourth-order valence-electron chi connectivity index (χ4n) is 2.46. The van der Waals surface area contributed by atoms with Gasteiger partial charge in [0, 0.05) is 17.7 Å².